The van der Waals surface area contributed by atoms with Crippen LogP contribution in [0.1, 0.15) is 6.92 Å². The van der Waals surface area contributed by atoms with E-state index >= 15 is 0 Å². The molecule has 8 heteroatoms. The Bertz CT molecular complexity index is 830. The van der Waals surface area contributed by atoms with Gasteiger partial charge in [0.1, 0.15) is 0 Å². The molecule has 1 amide bonds. The molecule has 138 valence electrons. The normalized spacial score (nSPS) is 15.1. The van der Waals surface area contributed by atoms with Gasteiger partial charge >= 0.3 is 0 Å². The number of anilines is 2. The standard InChI is InChI=1S/C18H22ClN5O2/c1-2-23-8-7-20-17(18(23)26)24-11-9-22(10-12-24)13-16(25)21-15-6-4-3-5-14(15)19/h3-8H,2,9-13H2,1H3,(H,21,25). The average Bonchev–Trinajstić information content (AvgIpc) is 2.65. The van der Waals surface area contributed by atoms with Gasteiger partial charge in [0.25, 0.3) is 5.56 Å². The molecule has 2 aromatic rings. The van der Waals surface area contributed by atoms with E-state index in [1.807, 2.05) is 24.0 Å². The van der Waals surface area contributed by atoms with Crippen LogP contribution in [0.2, 0.25) is 5.02 Å². The van der Waals surface area contributed by atoms with Crippen molar-refractivity contribution in [2.75, 3.05) is 42.9 Å². The van der Waals surface area contributed by atoms with Crippen molar-refractivity contribution >= 4 is 29.0 Å². The number of hydrogen-bond acceptors (Lipinski definition) is 5. The Hall–Kier alpha value is -2.38. The first-order valence-electron chi connectivity index (χ1n) is 8.65. The Labute approximate surface area is 157 Å². The molecular formula is C18H22ClN5O2. The molecule has 1 saturated heterocycles. The summed E-state index contributed by atoms with van der Waals surface area (Å²) < 4.78 is 1.64. The highest BCUT2D eigenvalue weighted by Crippen LogP contribution is 2.20. The Kier molecular flexibility index (Phi) is 5.90. The van der Waals surface area contributed by atoms with Crippen molar-refractivity contribution in [1.82, 2.24) is 14.5 Å². The lowest BCUT2D eigenvalue weighted by Crippen LogP contribution is -2.50. The van der Waals surface area contributed by atoms with Gasteiger partial charge in [-0.15, -0.1) is 0 Å². The summed E-state index contributed by atoms with van der Waals surface area (Å²) in [6.07, 6.45) is 3.35. The Morgan fingerprint density at radius 1 is 1.23 bits per heavy atom. The average molecular weight is 376 g/mol. The highest BCUT2D eigenvalue weighted by molar-refractivity contribution is 6.33. The van der Waals surface area contributed by atoms with Gasteiger partial charge in [0.15, 0.2) is 5.82 Å². The largest absolute Gasteiger partial charge is 0.349 e. The molecule has 0 saturated carbocycles. The number of halogens is 1. The molecule has 2 heterocycles. The molecule has 1 aliphatic heterocycles. The molecule has 1 aliphatic rings. The van der Waals surface area contributed by atoms with Gasteiger partial charge in [-0.2, -0.15) is 0 Å². The summed E-state index contributed by atoms with van der Waals surface area (Å²) in [6.45, 7) is 5.55. The SMILES string of the molecule is CCn1ccnc(N2CCN(CC(=O)Nc3ccccc3Cl)CC2)c1=O. The second-order valence-electron chi connectivity index (χ2n) is 6.13. The number of carbonyl (C=O) groups is 1. The maximum atomic E-state index is 12.4. The first-order valence-corrected chi connectivity index (χ1v) is 9.03. The van der Waals surface area contributed by atoms with Crippen LogP contribution in [-0.2, 0) is 11.3 Å². The molecule has 0 radical (unpaired) electrons. The molecule has 26 heavy (non-hydrogen) atoms. The molecule has 0 aliphatic carbocycles. The monoisotopic (exact) mass is 375 g/mol. The molecule has 0 atom stereocenters. The quantitative estimate of drug-likeness (QED) is 0.861. The zero-order valence-electron chi connectivity index (χ0n) is 14.7. The van der Waals surface area contributed by atoms with E-state index in [2.05, 4.69) is 15.2 Å². The predicted octanol–water partition coefficient (Wildman–Crippen LogP) is 1.68. The summed E-state index contributed by atoms with van der Waals surface area (Å²) in [5, 5.41) is 3.35. The number of aromatic nitrogens is 2. The van der Waals surface area contributed by atoms with Crippen molar-refractivity contribution in [3.05, 3.63) is 52.0 Å². The number of nitrogens with one attached hydrogen (secondary N) is 1. The number of rotatable bonds is 5. The van der Waals surface area contributed by atoms with Gasteiger partial charge in [0, 0.05) is 45.1 Å². The highest BCUT2D eigenvalue weighted by Gasteiger charge is 2.22. The minimum atomic E-state index is -0.0993. The van der Waals surface area contributed by atoms with E-state index in [-0.39, 0.29) is 11.5 Å². The second-order valence-corrected chi connectivity index (χ2v) is 6.54. The zero-order chi connectivity index (χ0) is 18.5. The lowest BCUT2D eigenvalue weighted by Gasteiger charge is -2.34. The molecule has 1 fully saturated rings. The number of aryl methyl sites for hydroxylation is 1. The Morgan fingerprint density at radius 3 is 2.65 bits per heavy atom. The van der Waals surface area contributed by atoms with E-state index in [1.165, 1.54) is 0 Å². The van der Waals surface area contributed by atoms with E-state index in [4.69, 9.17) is 11.6 Å². The van der Waals surface area contributed by atoms with Crippen molar-refractivity contribution in [3.63, 3.8) is 0 Å². The Balaban J connectivity index is 1.55. The molecule has 3 rings (SSSR count). The van der Waals surface area contributed by atoms with E-state index < -0.39 is 0 Å². The molecule has 0 bridgehead atoms. The summed E-state index contributed by atoms with van der Waals surface area (Å²) in [6, 6.07) is 7.17. The van der Waals surface area contributed by atoms with Crippen LogP contribution in [-0.4, -0.2) is 53.1 Å². The van der Waals surface area contributed by atoms with Gasteiger partial charge < -0.3 is 14.8 Å². The van der Waals surface area contributed by atoms with Crippen LogP contribution >= 0.6 is 11.6 Å². The fourth-order valence-corrected chi connectivity index (χ4v) is 3.16. The zero-order valence-corrected chi connectivity index (χ0v) is 15.4. The predicted molar refractivity (Wildman–Crippen MR) is 103 cm³/mol. The molecular weight excluding hydrogens is 354 g/mol. The van der Waals surface area contributed by atoms with Crippen molar-refractivity contribution in [3.8, 4) is 0 Å². The number of nitrogens with zero attached hydrogens (tertiary/aromatic N) is 4. The third kappa shape index (κ3) is 4.23. The Morgan fingerprint density at radius 2 is 1.96 bits per heavy atom. The first kappa shape index (κ1) is 18.4. The minimum Gasteiger partial charge on any atom is -0.349 e. The summed E-state index contributed by atoms with van der Waals surface area (Å²) in [7, 11) is 0. The van der Waals surface area contributed by atoms with Crippen LogP contribution in [0.25, 0.3) is 0 Å². The van der Waals surface area contributed by atoms with Crippen molar-refractivity contribution in [2.45, 2.75) is 13.5 Å². The topological polar surface area (TPSA) is 70.5 Å². The van der Waals surface area contributed by atoms with Crippen molar-refractivity contribution in [1.29, 1.82) is 0 Å². The second kappa shape index (κ2) is 8.33. The fraction of sp³-hybridized carbons (Fsp3) is 0.389. The number of amides is 1. The molecule has 0 unspecified atom stereocenters. The maximum absolute atomic E-state index is 12.4. The lowest BCUT2D eigenvalue weighted by molar-refractivity contribution is -0.117. The summed E-state index contributed by atoms with van der Waals surface area (Å²) in [4.78, 5) is 32.9. The number of piperazine rings is 1. The number of hydrogen-bond donors (Lipinski definition) is 1. The molecule has 0 spiro atoms. The lowest BCUT2D eigenvalue weighted by atomic mass is 10.3. The first-order chi connectivity index (χ1) is 12.6. The molecule has 1 N–H and O–H groups in total. The summed E-state index contributed by atoms with van der Waals surface area (Å²) in [5.41, 5.74) is 0.548. The van der Waals surface area contributed by atoms with Gasteiger partial charge in [0.2, 0.25) is 5.91 Å². The van der Waals surface area contributed by atoms with Crippen LogP contribution in [0.5, 0.6) is 0 Å². The van der Waals surface area contributed by atoms with Gasteiger partial charge in [0.05, 0.1) is 17.3 Å². The number of carbonyl (C=O) groups excluding carboxylic acids is 1. The van der Waals surface area contributed by atoms with E-state index in [1.54, 1.807) is 29.1 Å². The maximum Gasteiger partial charge on any atom is 0.293 e. The number of para-hydroxylation sites is 1. The van der Waals surface area contributed by atoms with Gasteiger partial charge in [-0.05, 0) is 19.1 Å². The summed E-state index contributed by atoms with van der Waals surface area (Å²) in [5.74, 6) is 0.382. The van der Waals surface area contributed by atoms with Gasteiger partial charge in [-0.3, -0.25) is 14.5 Å². The highest BCUT2D eigenvalue weighted by atomic mass is 35.5. The van der Waals surface area contributed by atoms with Crippen molar-refractivity contribution < 1.29 is 4.79 Å². The van der Waals surface area contributed by atoms with Gasteiger partial charge in [-0.25, -0.2) is 4.98 Å². The van der Waals surface area contributed by atoms with Crippen molar-refractivity contribution in [2.24, 2.45) is 0 Å². The van der Waals surface area contributed by atoms with E-state index in [9.17, 15) is 9.59 Å². The molecule has 1 aromatic heterocycles. The smallest absolute Gasteiger partial charge is 0.293 e. The van der Waals surface area contributed by atoms with Crippen LogP contribution < -0.4 is 15.8 Å². The van der Waals surface area contributed by atoms with E-state index in [0.717, 1.165) is 0 Å². The third-order valence-corrected chi connectivity index (χ3v) is 4.75. The number of benzene rings is 1. The fourth-order valence-electron chi connectivity index (χ4n) is 2.97. The van der Waals surface area contributed by atoms with E-state index in [0.29, 0.717) is 55.8 Å². The van der Waals surface area contributed by atoms with Crippen LogP contribution in [0.3, 0.4) is 0 Å². The molecule has 1 aromatic carbocycles. The minimum absolute atomic E-state index is 0.0695. The summed E-state index contributed by atoms with van der Waals surface area (Å²) >= 11 is 6.06. The van der Waals surface area contributed by atoms with Crippen LogP contribution in [0, 0.1) is 0 Å². The molecule has 7 nitrogen and oxygen atoms in total. The van der Waals surface area contributed by atoms with Crippen LogP contribution in [0.15, 0.2) is 41.5 Å². The third-order valence-electron chi connectivity index (χ3n) is 4.42. The van der Waals surface area contributed by atoms with Gasteiger partial charge in [-0.1, -0.05) is 23.7 Å². The van der Waals surface area contributed by atoms with Crippen LogP contribution in [0.4, 0.5) is 11.5 Å².